The van der Waals surface area contributed by atoms with Crippen LogP contribution in [0.15, 0.2) is 23.0 Å². The fourth-order valence-corrected chi connectivity index (χ4v) is 3.78. The number of ketones is 1. The number of nitrogens with one attached hydrogen (secondary N) is 2. The molecule has 0 amide bonds. The van der Waals surface area contributed by atoms with Gasteiger partial charge in [-0.1, -0.05) is 20.3 Å². The monoisotopic (exact) mass is 439 g/mol. The molecule has 2 aromatic heterocycles. The third-order valence-electron chi connectivity index (χ3n) is 5.47. The summed E-state index contributed by atoms with van der Waals surface area (Å²) in [6.45, 7) is 7.67. The van der Waals surface area contributed by atoms with Gasteiger partial charge in [0.1, 0.15) is 22.6 Å². The number of carbonyl (C=O) groups is 1. The standard InChI is InChI=1S/C23H29N5O4/c1-3-5-17-20-21(27-26-17)23(30)25-22(24-20)16-13-15(6-7-19(16)32-10-4-2)18(29)14-28-8-11-31-12-9-28/h6-7,13H,3-5,8-12,14H2,1-2H3,(H,26,27)(H,24,25,30). The zero-order valence-corrected chi connectivity index (χ0v) is 18.6. The molecule has 0 unspecified atom stereocenters. The minimum absolute atomic E-state index is 0.00796. The normalized spacial score (nSPS) is 14.7. The lowest BCUT2D eigenvalue weighted by atomic mass is 10.0. The van der Waals surface area contributed by atoms with Crippen LogP contribution < -0.4 is 10.3 Å². The minimum atomic E-state index is -0.300. The van der Waals surface area contributed by atoms with Crippen LogP contribution in [0.5, 0.6) is 5.75 Å². The number of aryl methyl sites for hydroxylation is 1. The fourth-order valence-electron chi connectivity index (χ4n) is 3.78. The summed E-state index contributed by atoms with van der Waals surface area (Å²) in [6.07, 6.45) is 2.44. The molecular weight excluding hydrogens is 410 g/mol. The van der Waals surface area contributed by atoms with Gasteiger partial charge in [-0.15, -0.1) is 0 Å². The van der Waals surface area contributed by atoms with Crippen molar-refractivity contribution < 1.29 is 14.3 Å². The lowest BCUT2D eigenvalue weighted by molar-refractivity contribution is 0.0371. The minimum Gasteiger partial charge on any atom is -0.493 e. The summed E-state index contributed by atoms with van der Waals surface area (Å²) >= 11 is 0. The van der Waals surface area contributed by atoms with Crippen LogP contribution in [0.2, 0.25) is 0 Å². The third-order valence-corrected chi connectivity index (χ3v) is 5.47. The fraction of sp³-hybridized carbons (Fsp3) is 0.478. The molecule has 1 aliphatic heterocycles. The number of aromatic nitrogens is 4. The molecule has 32 heavy (non-hydrogen) atoms. The number of hydrogen-bond donors (Lipinski definition) is 2. The highest BCUT2D eigenvalue weighted by Crippen LogP contribution is 2.30. The average Bonchev–Trinajstić information content (AvgIpc) is 3.22. The van der Waals surface area contributed by atoms with Gasteiger partial charge in [0.05, 0.1) is 37.6 Å². The van der Waals surface area contributed by atoms with Crippen molar-refractivity contribution in [1.29, 1.82) is 0 Å². The molecule has 0 aliphatic carbocycles. The molecule has 9 nitrogen and oxygen atoms in total. The van der Waals surface area contributed by atoms with E-state index < -0.39 is 0 Å². The summed E-state index contributed by atoms with van der Waals surface area (Å²) in [4.78, 5) is 35.3. The van der Waals surface area contributed by atoms with Gasteiger partial charge in [0.2, 0.25) is 0 Å². The molecule has 0 atom stereocenters. The number of Topliss-reactive ketones (excluding diaryl/α,β-unsaturated/α-hetero) is 1. The molecule has 9 heteroatoms. The van der Waals surface area contributed by atoms with Crippen molar-refractivity contribution in [2.45, 2.75) is 33.1 Å². The molecule has 3 aromatic rings. The molecule has 0 bridgehead atoms. The maximum atomic E-state index is 13.0. The number of carbonyl (C=O) groups excluding carboxylic acids is 1. The van der Waals surface area contributed by atoms with Gasteiger partial charge >= 0.3 is 0 Å². The second-order valence-electron chi connectivity index (χ2n) is 7.93. The number of nitrogens with zero attached hydrogens (tertiary/aromatic N) is 3. The van der Waals surface area contributed by atoms with Crippen molar-refractivity contribution in [1.82, 2.24) is 25.1 Å². The Bertz CT molecular complexity index is 1150. The van der Waals surface area contributed by atoms with Crippen LogP contribution in [-0.4, -0.2) is 70.3 Å². The quantitative estimate of drug-likeness (QED) is 0.493. The summed E-state index contributed by atoms with van der Waals surface area (Å²) in [5.41, 5.74) is 2.51. The highest BCUT2D eigenvalue weighted by Gasteiger charge is 2.20. The van der Waals surface area contributed by atoms with Crippen molar-refractivity contribution in [2.24, 2.45) is 0 Å². The summed E-state index contributed by atoms with van der Waals surface area (Å²) < 4.78 is 11.3. The first-order chi connectivity index (χ1) is 15.6. The van der Waals surface area contributed by atoms with Gasteiger partial charge in [-0.2, -0.15) is 5.10 Å². The molecule has 0 radical (unpaired) electrons. The molecule has 2 N–H and O–H groups in total. The Labute approximate surface area is 186 Å². The van der Waals surface area contributed by atoms with Gasteiger partial charge in [-0.3, -0.25) is 19.6 Å². The van der Waals surface area contributed by atoms with E-state index in [2.05, 4.69) is 27.0 Å². The maximum Gasteiger partial charge on any atom is 0.277 e. The Morgan fingerprint density at radius 3 is 2.78 bits per heavy atom. The van der Waals surface area contributed by atoms with Gasteiger partial charge in [-0.05, 0) is 31.0 Å². The Morgan fingerprint density at radius 2 is 2.03 bits per heavy atom. The predicted molar refractivity (Wildman–Crippen MR) is 121 cm³/mol. The molecule has 0 spiro atoms. The van der Waals surface area contributed by atoms with Crippen molar-refractivity contribution in [2.75, 3.05) is 39.5 Å². The lowest BCUT2D eigenvalue weighted by Crippen LogP contribution is -2.39. The highest BCUT2D eigenvalue weighted by atomic mass is 16.5. The summed E-state index contributed by atoms with van der Waals surface area (Å²) in [5.74, 6) is 0.958. The Kier molecular flexibility index (Phi) is 6.96. The summed E-state index contributed by atoms with van der Waals surface area (Å²) in [6, 6.07) is 5.32. The van der Waals surface area contributed by atoms with E-state index in [4.69, 9.17) is 14.5 Å². The number of ether oxygens (including phenoxy) is 2. The molecule has 170 valence electrons. The summed E-state index contributed by atoms with van der Waals surface area (Å²) in [7, 11) is 0. The van der Waals surface area contributed by atoms with Gasteiger partial charge in [-0.25, -0.2) is 4.98 Å². The van der Waals surface area contributed by atoms with E-state index in [0.717, 1.165) is 31.6 Å². The average molecular weight is 440 g/mol. The molecule has 4 rings (SSSR count). The number of hydrogen-bond acceptors (Lipinski definition) is 7. The Hall–Kier alpha value is -3.04. The van der Waals surface area contributed by atoms with E-state index >= 15 is 0 Å². The molecule has 0 saturated carbocycles. The molecule has 1 aromatic carbocycles. The van der Waals surface area contributed by atoms with E-state index in [9.17, 15) is 9.59 Å². The summed E-state index contributed by atoms with van der Waals surface area (Å²) in [5, 5.41) is 7.04. The second kappa shape index (κ2) is 10.1. The van der Waals surface area contributed by atoms with Crippen molar-refractivity contribution >= 4 is 16.8 Å². The zero-order valence-electron chi connectivity index (χ0n) is 18.6. The smallest absolute Gasteiger partial charge is 0.277 e. The number of benzene rings is 1. The van der Waals surface area contributed by atoms with Crippen LogP contribution in [-0.2, 0) is 11.2 Å². The van der Waals surface area contributed by atoms with Crippen molar-refractivity contribution in [3.63, 3.8) is 0 Å². The Balaban J connectivity index is 1.73. The molecule has 1 aliphatic rings. The third kappa shape index (κ3) is 4.73. The number of H-pyrrole nitrogens is 2. The van der Waals surface area contributed by atoms with Crippen molar-refractivity contribution in [3.05, 3.63) is 39.8 Å². The Morgan fingerprint density at radius 1 is 1.22 bits per heavy atom. The predicted octanol–water partition coefficient (Wildman–Crippen LogP) is 2.57. The highest BCUT2D eigenvalue weighted by molar-refractivity contribution is 5.99. The number of aromatic amines is 2. The van der Waals surface area contributed by atoms with Crippen molar-refractivity contribution in [3.8, 4) is 17.1 Å². The van der Waals surface area contributed by atoms with Gasteiger partial charge in [0, 0.05) is 18.7 Å². The maximum absolute atomic E-state index is 13.0. The first-order valence-corrected chi connectivity index (χ1v) is 11.2. The van der Waals surface area contributed by atoms with E-state index in [0.29, 0.717) is 66.5 Å². The van der Waals surface area contributed by atoms with Gasteiger partial charge < -0.3 is 14.5 Å². The number of fused-ring (bicyclic) bond motifs is 1. The topological polar surface area (TPSA) is 113 Å². The van der Waals surface area contributed by atoms with Crippen LogP contribution in [0, 0.1) is 0 Å². The lowest BCUT2D eigenvalue weighted by Gasteiger charge is -2.25. The van der Waals surface area contributed by atoms with E-state index in [1.54, 1.807) is 18.2 Å². The van der Waals surface area contributed by atoms with Crippen LogP contribution in [0.4, 0.5) is 0 Å². The van der Waals surface area contributed by atoms with Crippen LogP contribution in [0.1, 0.15) is 42.7 Å². The molecular formula is C23H29N5O4. The van der Waals surface area contributed by atoms with Crippen LogP contribution in [0.25, 0.3) is 22.4 Å². The van der Waals surface area contributed by atoms with Crippen LogP contribution in [0.3, 0.4) is 0 Å². The SMILES string of the molecule is CCCOc1ccc(C(=O)CN2CCOCC2)cc1-c1nc2c(CCC)n[nH]c2c(=O)[nH]1. The molecule has 3 heterocycles. The van der Waals surface area contributed by atoms with Crippen LogP contribution >= 0.6 is 0 Å². The number of morpholine rings is 1. The zero-order chi connectivity index (χ0) is 22.5. The first-order valence-electron chi connectivity index (χ1n) is 11.2. The molecule has 1 fully saturated rings. The van der Waals surface area contributed by atoms with Gasteiger partial charge in [0.15, 0.2) is 5.78 Å². The second-order valence-corrected chi connectivity index (χ2v) is 7.93. The van der Waals surface area contributed by atoms with E-state index in [1.807, 2.05) is 6.92 Å². The van der Waals surface area contributed by atoms with E-state index in [1.165, 1.54) is 0 Å². The van der Waals surface area contributed by atoms with Gasteiger partial charge in [0.25, 0.3) is 5.56 Å². The first kappa shape index (κ1) is 22.2. The van der Waals surface area contributed by atoms with E-state index in [-0.39, 0.29) is 11.3 Å². The largest absolute Gasteiger partial charge is 0.493 e. The molecule has 1 saturated heterocycles. The number of rotatable bonds is 9.